The van der Waals surface area contributed by atoms with Crippen molar-refractivity contribution in [2.75, 3.05) is 6.61 Å². The van der Waals surface area contributed by atoms with Crippen LogP contribution in [0.1, 0.15) is 27.2 Å². The number of carbonyl (C=O) groups is 2. The topological polar surface area (TPSA) is 67.8 Å². The fraction of sp³-hybridized carbons (Fsp3) is 0.400. The molecule has 1 atom stereocenters. The molecule has 0 fully saturated rings. The van der Waals surface area contributed by atoms with E-state index in [4.69, 9.17) is 4.74 Å². The van der Waals surface area contributed by atoms with Crippen molar-refractivity contribution in [3.8, 4) is 0 Å². The van der Waals surface area contributed by atoms with Crippen molar-refractivity contribution in [3.63, 3.8) is 0 Å². The maximum absolute atomic E-state index is 12.0. The molecule has 0 saturated carbocycles. The van der Waals surface area contributed by atoms with Crippen molar-refractivity contribution < 1.29 is 14.3 Å². The van der Waals surface area contributed by atoms with Crippen molar-refractivity contribution in [1.29, 1.82) is 0 Å². The van der Waals surface area contributed by atoms with Crippen LogP contribution in [0.4, 0.5) is 4.79 Å². The molecule has 2 amide bonds. The minimum Gasteiger partial charge on any atom is -0.448 e. The Hall–Kier alpha value is -2.17. The number of hydrogen-bond donors (Lipinski definition) is 1. The third-order valence-corrected chi connectivity index (χ3v) is 3.41. The lowest BCUT2D eigenvalue weighted by Crippen LogP contribution is -2.36. The normalized spacial score (nSPS) is 23.4. The first-order valence-electron chi connectivity index (χ1n) is 6.73. The van der Waals surface area contributed by atoms with Gasteiger partial charge in [0.05, 0.1) is 12.3 Å². The van der Waals surface area contributed by atoms with Crippen LogP contribution in [0.5, 0.6) is 0 Å². The second-order valence-electron chi connectivity index (χ2n) is 4.64. The zero-order valence-electron chi connectivity index (χ0n) is 11.9. The van der Waals surface area contributed by atoms with Crippen molar-refractivity contribution in [3.05, 3.63) is 35.1 Å². The Morgan fingerprint density at radius 3 is 2.85 bits per heavy atom. The molecule has 0 aromatic heterocycles. The van der Waals surface area contributed by atoms with E-state index in [-0.39, 0.29) is 18.4 Å². The van der Waals surface area contributed by atoms with Gasteiger partial charge in [-0.05, 0) is 32.4 Å². The van der Waals surface area contributed by atoms with Gasteiger partial charge in [-0.3, -0.25) is 4.79 Å². The number of amides is 2. The van der Waals surface area contributed by atoms with Gasteiger partial charge in [-0.15, -0.1) is 0 Å². The summed E-state index contributed by atoms with van der Waals surface area (Å²) in [6.07, 6.45) is 5.53. The second-order valence-corrected chi connectivity index (χ2v) is 4.64. The van der Waals surface area contributed by atoms with Gasteiger partial charge in [-0.25, -0.2) is 4.79 Å². The highest BCUT2D eigenvalue weighted by Crippen LogP contribution is 2.31. The minimum absolute atomic E-state index is 0.0591. The van der Waals surface area contributed by atoms with Crippen LogP contribution in [0.3, 0.4) is 0 Å². The molecule has 106 valence electrons. The maximum Gasteiger partial charge on any atom is 0.434 e. The van der Waals surface area contributed by atoms with E-state index in [0.717, 1.165) is 16.8 Å². The molecule has 0 spiro atoms. The minimum atomic E-state index is -0.619. The Morgan fingerprint density at radius 1 is 1.45 bits per heavy atom. The van der Waals surface area contributed by atoms with Crippen LogP contribution in [0.2, 0.25) is 0 Å². The lowest BCUT2D eigenvalue weighted by molar-refractivity contribution is -0.117. The summed E-state index contributed by atoms with van der Waals surface area (Å²) in [4.78, 5) is 27.1. The number of nitrogens with zero attached hydrogens (tertiary/aromatic N) is 1. The number of aliphatic imine (C=N–C) groups is 1. The molecule has 1 unspecified atom stereocenters. The number of rotatable bonds is 2. The van der Waals surface area contributed by atoms with Gasteiger partial charge in [0.25, 0.3) is 5.91 Å². The predicted molar refractivity (Wildman–Crippen MR) is 76.3 cm³/mol. The second kappa shape index (κ2) is 5.86. The number of nitrogens with one attached hydrogen (secondary N) is 1. The largest absolute Gasteiger partial charge is 0.448 e. The lowest BCUT2D eigenvalue weighted by atomic mass is 9.84. The van der Waals surface area contributed by atoms with E-state index >= 15 is 0 Å². The summed E-state index contributed by atoms with van der Waals surface area (Å²) in [6.45, 7) is 5.95. The molecular formula is C15H18N2O3. The number of hydrogen-bond acceptors (Lipinski definition) is 3. The maximum atomic E-state index is 12.0. The van der Waals surface area contributed by atoms with Gasteiger partial charge >= 0.3 is 6.09 Å². The molecule has 0 bridgehead atoms. The average molecular weight is 274 g/mol. The molecular weight excluding hydrogens is 256 g/mol. The number of carbonyl (C=O) groups excluding carboxylic acids is 2. The zero-order valence-corrected chi connectivity index (χ0v) is 11.9. The van der Waals surface area contributed by atoms with E-state index in [2.05, 4.69) is 10.3 Å². The van der Waals surface area contributed by atoms with Gasteiger partial charge in [0.15, 0.2) is 0 Å². The first-order valence-corrected chi connectivity index (χ1v) is 6.73. The molecule has 5 heteroatoms. The molecule has 2 aliphatic rings. The Morgan fingerprint density at radius 2 is 2.20 bits per heavy atom. The summed E-state index contributed by atoms with van der Waals surface area (Å²) in [5.74, 6) is -0.0120. The summed E-state index contributed by atoms with van der Waals surface area (Å²) >= 11 is 0. The van der Waals surface area contributed by atoms with Crippen LogP contribution in [0.25, 0.3) is 0 Å². The Labute approximate surface area is 118 Å². The lowest BCUT2D eigenvalue weighted by Gasteiger charge is -2.29. The van der Waals surface area contributed by atoms with E-state index < -0.39 is 6.09 Å². The fourth-order valence-corrected chi connectivity index (χ4v) is 2.43. The van der Waals surface area contributed by atoms with Gasteiger partial charge in [0.2, 0.25) is 0 Å². The summed E-state index contributed by atoms with van der Waals surface area (Å²) in [7, 11) is 0. The van der Waals surface area contributed by atoms with Gasteiger partial charge < -0.3 is 10.1 Å². The molecule has 2 rings (SSSR count). The van der Waals surface area contributed by atoms with Crippen LogP contribution in [0, 0.1) is 5.92 Å². The van der Waals surface area contributed by atoms with Gasteiger partial charge in [0.1, 0.15) is 0 Å². The highest BCUT2D eigenvalue weighted by Gasteiger charge is 2.28. The standard InChI is InChI=1S/C15H18N2O3/c1-4-11-9(3)12-7-6-10(16-15(19)20-5-2)8-13(12)17-14(11)18/h6-8,12H,4-5H2,1-3H3,(H,17,18)/b16-10-. The molecule has 0 radical (unpaired) electrons. The molecule has 1 aliphatic carbocycles. The SMILES string of the molecule is CCOC(=O)/N=C1/C=CC2C(=C1)NC(=O)C(CC)=C2C. The first-order chi connectivity index (χ1) is 9.56. The Balaban J connectivity index is 2.28. The number of allylic oxidation sites excluding steroid dienone is 3. The quantitative estimate of drug-likeness (QED) is 0.841. The molecule has 1 N–H and O–H groups in total. The predicted octanol–water partition coefficient (Wildman–Crippen LogP) is 2.51. The molecule has 1 heterocycles. The smallest absolute Gasteiger partial charge is 0.434 e. The van der Waals surface area contributed by atoms with Gasteiger partial charge in [-0.2, -0.15) is 4.99 Å². The molecule has 0 saturated heterocycles. The molecule has 1 aliphatic heterocycles. The number of fused-ring (bicyclic) bond motifs is 1. The van der Waals surface area contributed by atoms with Crippen LogP contribution in [-0.4, -0.2) is 24.3 Å². The summed E-state index contributed by atoms with van der Waals surface area (Å²) in [5, 5.41) is 2.87. The third-order valence-electron chi connectivity index (χ3n) is 3.41. The Bertz CT molecular complexity index is 568. The van der Waals surface area contributed by atoms with E-state index in [0.29, 0.717) is 12.1 Å². The van der Waals surface area contributed by atoms with Gasteiger partial charge in [0, 0.05) is 17.2 Å². The third kappa shape index (κ3) is 2.71. The molecule has 0 aromatic rings. The summed E-state index contributed by atoms with van der Waals surface area (Å²) in [6, 6.07) is 0. The van der Waals surface area contributed by atoms with Crippen molar-refractivity contribution in [1.82, 2.24) is 5.32 Å². The van der Waals surface area contributed by atoms with Crippen LogP contribution < -0.4 is 5.32 Å². The summed E-state index contributed by atoms with van der Waals surface area (Å²) < 4.78 is 4.77. The monoisotopic (exact) mass is 274 g/mol. The highest BCUT2D eigenvalue weighted by molar-refractivity contribution is 6.10. The van der Waals surface area contributed by atoms with Crippen molar-refractivity contribution in [2.24, 2.45) is 10.9 Å². The average Bonchev–Trinajstić information content (AvgIpc) is 2.39. The molecule has 5 nitrogen and oxygen atoms in total. The molecule has 20 heavy (non-hydrogen) atoms. The van der Waals surface area contributed by atoms with Crippen LogP contribution >= 0.6 is 0 Å². The first kappa shape index (κ1) is 14.2. The van der Waals surface area contributed by atoms with E-state index in [9.17, 15) is 9.59 Å². The zero-order chi connectivity index (χ0) is 14.7. The highest BCUT2D eigenvalue weighted by atomic mass is 16.5. The van der Waals surface area contributed by atoms with Crippen LogP contribution in [-0.2, 0) is 9.53 Å². The van der Waals surface area contributed by atoms with E-state index in [1.54, 1.807) is 19.1 Å². The van der Waals surface area contributed by atoms with Gasteiger partial charge in [-0.1, -0.05) is 18.6 Å². The molecule has 0 aromatic carbocycles. The van der Waals surface area contributed by atoms with E-state index in [1.165, 1.54) is 0 Å². The van der Waals surface area contributed by atoms with E-state index in [1.807, 2.05) is 19.9 Å². The summed E-state index contributed by atoms with van der Waals surface area (Å²) in [5.41, 5.74) is 3.12. The fourth-order valence-electron chi connectivity index (χ4n) is 2.43. The van der Waals surface area contributed by atoms with Crippen LogP contribution in [0.15, 0.2) is 40.1 Å². The van der Waals surface area contributed by atoms with Crippen molar-refractivity contribution >= 4 is 17.7 Å². The number of ether oxygens (including phenoxy) is 1. The van der Waals surface area contributed by atoms with Crippen molar-refractivity contribution in [2.45, 2.75) is 27.2 Å². The Kier molecular flexibility index (Phi) is 4.17.